The first-order chi connectivity index (χ1) is 10.0. The molecule has 1 aliphatic heterocycles. The molecule has 0 aromatic heterocycles. The van der Waals surface area contributed by atoms with Crippen LogP contribution in [0.4, 0.5) is 5.69 Å². The lowest BCUT2D eigenvalue weighted by atomic mass is 9.96. The number of anilines is 1. The number of benzene rings is 2. The lowest BCUT2D eigenvalue weighted by Gasteiger charge is -2.17. The Morgan fingerprint density at radius 1 is 1.05 bits per heavy atom. The van der Waals surface area contributed by atoms with E-state index in [0.29, 0.717) is 34.0 Å². The fourth-order valence-corrected chi connectivity index (χ4v) is 2.85. The molecule has 1 aliphatic rings. The number of amides is 1. The molecule has 0 fully saturated rings. The number of halogens is 2. The molecule has 106 valence electrons. The van der Waals surface area contributed by atoms with E-state index in [1.807, 2.05) is 6.07 Å². The van der Waals surface area contributed by atoms with E-state index >= 15 is 0 Å². The third-order valence-corrected chi connectivity index (χ3v) is 3.99. The molecule has 0 saturated heterocycles. The lowest BCUT2D eigenvalue weighted by Crippen LogP contribution is -2.19. The molecule has 5 heteroatoms. The first-order valence-corrected chi connectivity index (χ1v) is 7.23. The van der Waals surface area contributed by atoms with E-state index in [4.69, 9.17) is 23.2 Å². The van der Waals surface area contributed by atoms with Gasteiger partial charge in [-0.1, -0.05) is 23.2 Å². The Balaban J connectivity index is 1.97. The Labute approximate surface area is 131 Å². The highest BCUT2D eigenvalue weighted by Gasteiger charge is 2.18. The molecule has 2 aromatic carbocycles. The Hall–Kier alpha value is -1.84. The highest BCUT2D eigenvalue weighted by Crippen LogP contribution is 2.27. The van der Waals surface area contributed by atoms with Crippen LogP contribution in [0.25, 0.3) is 0 Å². The summed E-state index contributed by atoms with van der Waals surface area (Å²) in [5.41, 5.74) is 2.70. The number of carbonyl (C=O) groups excluding carboxylic acids is 2. The van der Waals surface area contributed by atoms with Crippen molar-refractivity contribution < 1.29 is 9.59 Å². The molecule has 3 nitrogen and oxygen atoms in total. The minimum atomic E-state index is -0.156. The Morgan fingerprint density at radius 2 is 1.86 bits per heavy atom. The monoisotopic (exact) mass is 319 g/mol. The van der Waals surface area contributed by atoms with E-state index < -0.39 is 0 Å². The highest BCUT2D eigenvalue weighted by atomic mass is 35.5. The first-order valence-electron chi connectivity index (χ1n) is 6.47. The molecular weight excluding hydrogens is 309 g/mol. The molecule has 0 bridgehead atoms. The van der Waals surface area contributed by atoms with Crippen molar-refractivity contribution in [3.8, 4) is 0 Å². The molecule has 0 spiro atoms. The van der Waals surface area contributed by atoms with E-state index in [9.17, 15) is 9.59 Å². The van der Waals surface area contributed by atoms with Crippen molar-refractivity contribution in [2.75, 3.05) is 5.32 Å². The topological polar surface area (TPSA) is 46.2 Å². The molecule has 1 amide bonds. The van der Waals surface area contributed by atoms with Crippen molar-refractivity contribution in [2.45, 2.75) is 12.8 Å². The number of carbonyl (C=O) groups is 2. The molecule has 0 unspecified atom stereocenters. The predicted octanol–water partition coefficient (Wildman–Crippen LogP) is 4.11. The third kappa shape index (κ3) is 2.80. The zero-order valence-electron chi connectivity index (χ0n) is 11.0. The van der Waals surface area contributed by atoms with Crippen molar-refractivity contribution in [1.82, 2.24) is 0 Å². The van der Waals surface area contributed by atoms with Crippen LogP contribution in [0, 0.1) is 0 Å². The van der Waals surface area contributed by atoms with Crippen LogP contribution in [0.15, 0.2) is 36.4 Å². The molecule has 1 N–H and O–H groups in total. The molecule has 0 saturated carbocycles. The van der Waals surface area contributed by atoms with E-state index in [1.54, 1.807) is 30.3 Å². The summed E-state index contributed by atoms with van der Waals surface area (Å²) in [6, 6.07) is 10.1. The van der Waals surface area contributed by atoms with Crippen LogP contribution >= 0.6 is 23.2 Å². The highest BCUT2D eigenvalue weighted by molar-refractivity contribution is 6.37. The maximum absolute atomic E-state index is 12.5. The van der Waals surface area contributed by atoms with Crippen LogP contribution in [0.2, 0.25) is 10.0 Å². The van der Waals surface area contributed by atoms with Crippen LogP contribution in [0.3, 0.4) is 0 Å². The summed E-state index contributed by atoms with van der Waals surface area (Å²) in [5.74, 6) is -0.154. The van der Waals surface area contributed by atoms with Gasteiger partial charge < -0.3 is 5.32 Å². The van der Waals surface area contributed by atoms with Gasteiger partial charge in [-0.05, 0) is 48.4 Å². The maximum Gasteiger partial charge on any atom is 0.224 e. The van der Waals surface area contributed by atoms with E-state index in [0.717, 1.165) is 11.3 Å². The minimum Gasteiger partial charge on any atom is -0.326 e. The SMILES string of the molecule is O=C1CCc2cc(C(=O)c3ccc(Cl)cc3Cl)ccc2N1. The molecular formula is C16H11Cl2NO2. The number of ketones is 1. The van der Waals surface area contributed by atoms with Gasteiger partial charge in [-0.25, -0.2) is 0 Å². The van der Waals surface area contributed by atoms with Crippen molar-refractivity contribution in [2.24, 2.45) is 0 Å². The zero-order chi connectivity index (χ0) is 15.0. The number of aryl methyl sites for hydroxylation is 1. The number of nitrogens with one attached hydrogen (secondary N) is 1. The van der Waals surface area contributed by atoms with Gasteiger partial charge in [-0.3, -0.25) is 9.59 Å². The summed E-state index contributed by atoms with van der Waals surface area (Å²) < 4.78 is 0. The van der Waals surface area contributed by atoms with Crippen LogP contribution in [-0.4, -0.2) is 11.7 Å². The van der Waals surface area contributed by atoms with E-state index in [2.05, 4.69) is 5.32 Å². The number of fused-ring (bicyclic) bond motifs is 1. The second-order valence-electron chi connectivity index (χ2n) is 4.87. The average molecular weight is 320 g/mol. The van der Waals surface area contributed by atoms with Crippen molar-refractivity contribution in [3.63, 3.8) is 0 Å². The molecule has 3 rings (SSSR count). The fourth-order valence-electron chi connectivity index (χ4n) is 2.35. The van der Waals surface area contributed by atoms with Crippen molar-refractivity contribution in [3.05, 3.63) is 63.1 Å². The van der Waals surface area contributed by atoms with Gasteiger partial charge in [0.05, 0.1) is 5.02 Å². The van der Waals surface area contributed by atoms with Gasteiger partial charge in [0.1, 0.15) is 0 Å². The average Bonchev–Trinajstić information content (AvgIpc) is 2.46. The quantitative estimate of drug-likeness (QED) is 0.847. The van der Waals surface area contributed by atoms with Gasteiger partial charge in [0.2, 0.25) is 5.91 Å². The van der Waals surface area contributed by atoms with Crippen molar-refractivity contribution in [1.29, 1.82) is 0 Å². The normalized spacial score (nSPS) is 13.5. The molecule has 21 heavy (non-hydrogen) atoms. The van der Waals surface area contributed by atoms with Gasteiger partial charge in [-0.2, -0.15) is 0 Å². The van der Waals surface area contributed by atoms with E-state index in [1.165, 1.54) is 0 Å². The molecule has 0 aliphatic carbocycles. The molecule has 2 aromatic rings. The maximum atomic E-state index is 12.5. The Kier molecular flexibility index (Phi) is 3.70. The summed E-state index contributed by atoms with van der Waals surface area (Å²) in [4.78, 5) is 23.8. The largest absolute Gasteiger partial charge is 0.326 e. The summed E-state index contributed by atoms with van der Waals surface area (Å²) in [6.07, 6.45) is 1.07. The summed E-state index contributed by atoms with van der Waals surface area (Å²) in [6.45, 7) is 0. The number of rotatable bonds is 2. The standard InChI is InChI=1S/C16H11Cl2NO2/c17-11-3-4-12(13(18)8-11)16(21)10-1-5-14-9(7-10)2-6-15(20)19-14/h1,3-5,7-8H,2,6H2,(H,19,20). The predicted molar refractivity (Wildman–Crippen MR) is 83.3 cm³/mol. The summed E-state index contributed by atoms with van der Waals surface area (Å²) in [7, 11) is 0. The Bertz CT molecular complexity index is 756. The van der Waals surface area contributed by atoms with Crippen molar-refractivity contribution >= 4 is 40.6 Å². The van der Waals surface area contributed by atoms with Gasteiger partial charge in [0, 0.05) is 28.3 Å². The zero-order valence-corrected chi connectivity index (χ0v) is 12.5. The summed E-state index contributed by atoms with van der Waals surface area (Å²) >= 11 is 11.9. The van der Waals surface area contributed by atoms with Crippen LogP contribution in [-0.2, 0) is 11.2 Å². The van der Waals surface area contributed by atoms with Crippen LogP contribution in [0.1, 0.15) is 27.9 Å². The second-order valence-corrected chi connectivity index (χ2v) is 5.72. The Morgan fingerprint density at radius 3 is 2.62 bits per heavy atom. The number of hydrogen-bond acceptors (Lipinski definition) is 2. The molecule has 0 radical (unpaired) electrons. The third-order valence-electron chi connectivity index (χ3n) is 3.44. The van der Waals surface area contributed by atoms with E-state index in [-0.39, 0.29) is 11.7 Å². The lowest BCUT2D eigenvalue weighted by molar-refractivity contribution is -0.116. The van der Waals surface area contributed by atoms with Crippen LogP contribution < -0.4 is 5.32 Å². The smallest absolute Gasteiger partial charge is 0.224 e. The van der Waals surface area contributed by atoms with Crippen LogP contribution in [0.5, 0.6) is 0 Å². The fraction of sp³-hybridized carbons (Fsp3) is 0.125. The second kappa shape index (κ2) is 5.51. The van der Waals surface area contributed by atoms with Gasteiger partial charge >= 0.3 is 0 Å². The summed E-state index contributed by atoms with van der Waals surface area (Å²) in [5, 5.41) is 3.61. The minimum absolute atomic E-state index is 0.00215. The van der Waals surface area contributed by atoms with Gasteiger partial charge in [-0.15, -0.1) is 0 Å². The number of hydrogen-bond donors (Lipinski definition) is 1. The molecule has 0 atom stereocenters. The van der Waals surface area contributed by atoms with Gasteiger partial charge in [0.25, 0.3) is 0 Å². The molecule has 1 heterocycles. The van der Waals surface area contributed by atoms with Gasteiger partial charge in [0.15, 0.2) is 5.78 Å². The first kappa shape index (κ1) is 14.1.